The third-order valence-electron chi connectivity index (χ3n) is 6.25. The van der Waals surface area contributed by atoms with Crippen molar-refractivity contribution in [3.63, 3.8) is 0 Å². The standard InChI is InChI=1S/C25H43N3O3.C2H2O4/c1-4-7-8-9-14-19-30-24-16-11-10-15-23(24)26-25(29)31-22(20-27(5-2)6-3)21-28-17-12-13-18-28;3-1(4)2(5)6/h10-11,15-16,22H,4-9,12-14,17-21H2,1-3H3,(H,26,29);(H,3,4)(H,5,6). The monoisotopic (exact) mass is 523 g/mol. The Hall–Kier alpha value is -2.85. The lowest BCUT2D eigenvalue weighted by molar-refractivity contribution is -0.899. The minimum absolute atomic E-state index is 0.111. The van der Waals surface area contributed by atoms with Crippen molar-refractivity contribution in [3.05, 3.63) is 24.3 Å². The van der Waals surface area contributed by atoms with E-state index in [2.05, 4.69) is 31.0 Å². The molecule has 3 N–H and O–H groups in total. The van der Waals surface area contributed by atoms with Crippen LogP contribution in [-0.4, -0.2) is 80.0 Å². The van der Waals surface area contributed by atoms with E-state index in [4.69, 9.17) is 29.3 Å². The van der Waals surface area contributed by atoms with Crippen molar-refractivity contribution in [2.75, 3.05) is 51.2 Å². The van der Waals surface area contributed by atoms with Crippen molar-refractivity contribution in [2.45, 2.75) is 71.8 Å². The summed E-state index contributed by atoms with van der Waals surface area (Å²) in [5.74, 6) is -3.30. The second-order valence-corrected chi connectivity index (χ2v) is 9.17. The van der Waals surface area contributed by atoms with Gasteiger partial charge in [0.05, 0.1) is 25.4 Å². The molecule has 10 heteroatoms. The fraction of sp³-hybridized carbons (Fsp3) is 0.667. The quantitative estimate of drug-likeness (QED) is 0.234. The van der Waals surface area contributed by atoms with Crippen molar-refractivity contribution in [2.24, 2.45) is 0 Å². The van der Waals surface area contributed by atoms with Gasteiger partial charge in [-0.05, 0) is 58.3 Å². The average Bonchev–Trinajstić information content (AvgIpc) is 3.38. The number of carbonyl (C=O) groups is 3. The molecule has 0 aromatic heterocycles. The van der Waals surface area contributed by atoms with E-state index >= 15 is 0 Å². The van der Waals surface area contributed by atoms with Crippen molar-refractivity contribution < 1.29 is 39.0 Å². The summed E-state index contributed by atoms with van der Waals surface area (Å²) in [6.07, 6.45) is 7.94. The summed E-state index contributed by atoms with van der Waals surface area (Å²) in [7, 11) is 0. The number of quaternary nitrogens is 1. The number of anilines is 1. The van der Waals surface area contributed by atoms with Gasteiger partial charge in [-0.2, -0.15) is 0 Å². The first kappa shape index (κ1) is 32.2. The predicted molar refractivity (Wildman–Crippen MR) is 140 cm³/mol. The van der Waals surface area contributed by atoms with Crippen molar-refractivity contribution >= 4 is 23.7 Å². The minimum Gasteiger partial charge on any atom is -0.539 e. The Morgan fingerprint density at radius 2 is 1.68 bits per heavy atom. The maximum absolute atomic E-state index is 12.7. The number of unbranched alkanes of at least 4 members (excludes halogenated alkanes) is 4. The number of likely N-dealkylation sites (tertiary alicyclic amines) is 1. The summed E-state index contributed by atoms with van der Waals surface area (Å²) in [5, 5.41) is 19.2. The molecule has 1 fully saturated rings. The summed E-state index contributed by atoms with van der Waals surface area (Å²) < 4.78 is 11.9. The highest BCUT2D eigenvalue weighted by molar-refractivity contribution is 6.26. The average molecular weight is 524 g/mol. The van der Waals surface area contributed by atoms with E-state index in [1.165, 1.54) is 43.4 Å². The first-order chi connectivity index (χ1) is 17.8. The van der Waals surface area contributed by atoms with E-state index in [1.807, 2.05) is 24.3 Å². The molecule has 1 aliphatic rings. The number of para-hydroxylation sites is 2. The van der Waals surface area contributed by atoms with E-state index in [0.717, 1.165) is 45.7 Å². The van der Waals surface area contributed by atoms with E-state index in [1.54, 1.807) is 0 Å². The van der Waals surface area contributed by atoms with Gasteiger partial charge in [-0.15, -0.1) is 0 Å². The lowest BCUT2D eigenvalue weighted by atomic mass is 10.2. The second-order valence-electron chi connectivity index (χ2n) is 9.17. The molecule has 0 saturated carbocycles. The number of nitrogens with zero attached hydrogens (tertiary/aromatic N) is 1. The smallest absolute Gasteiger partial charge is 0.412 e. The molecule has 37 heavy (non-hydrogen) atoms. The molecule has 1 aliphatic heterocycles. The molecule has 1 amide bonds. The number of carboxylic acid groups (broad SMARTS) is 2. The predicted octanol–water partition coefficient (Wildman–Crippen LogP) is 1.79. The van der Waals surface area contributed by atoms with Crippen LogP contribution in [0.1, 0.15) is 65.7 Å². The Bertz CT molecular complexity index is 780. The summed E-state index contributed by atoms with van der Waals surface area (Å²) in [4.78, 5) is 34.6. The maximum atomic E-state index is 12.7. The number of hydrogen-bond donors (Lipinski definition) is 3. The van der Waals surface area contributed by atoms with Gasteiger partial charge < -0.3 is 29.4 Å². The summed E-state index contributed by atoms with van der Waals surface area (Å²) in [5.41, 5.74) is 0.677. The largest absolute Gasteiger partial charge is 0.539 e. The zero-order chi connectivity index (χ0) is 27.5. The molecular formula is C27H45N3O7. The number of benzene rings is 1. The number of amides is 1. The van der Waals surface area contributed by atoms with Crippen LogP contribution in [0, 0.1) is 0 Å². The Balaban J connectivity index is 0.00000102. The number of nitrogens with one attached hydrogen (secondary N) is 2. The number of hydrogen-bond acceptors (Lipinski definition) is 7. The van der Waals surface area contributed by atoms with Crippen molar-refractivity contribution in [1.29, 1.82) is 0 Å². The van der Waals surface area contributed by atoms with Gasteiger partial charge in [0.2, 0.25) is 0 Å². The van der Waals surface area contributed by atoms with Crippen LogP contribution in [0.25, 0.3) is 0 Å². The maximum Gasteiger partial charge on any atom is 0.412 e. The number of rotatable bonds is 15. The van der Waals surface area contributed by atoms with Gasteiger partial charge in [-0.3, -0.25) is 10.2 Å². The third-order valence-corrected chi connectivity index (χ3v) is 6.25. The van der Waals surface area contributed by atoms with E-state index in [-0.39, 0.29) is 6.10 Å². The number of ether oxygens (including phenoxy) is 2. The molecule has 1 heterocycles. The fourth-order valence-corrected chi connectivity index (χ4v) is 4.13. The van der Waals surface area contributed by atoms with Gasteiger partial charge >= 0.3 is 12.1 Å². The van der Waals surface area contributed by atoms with Gasteiger partial charge in [0.1, 0.15) is 12.3 Å². The highest BCUT2D eigenvalue weighted by Gasteiger charge is 2.24. The number of carboxylic acids is 2. The Morgan fingerprint density at radius 1 is 1.05 bits per heavy atom. The Kier molecular flexibility index (Phi) is 16.8. The molecule has 0 aliphatic carbocycles. The normalized spacial score (nSPS) is 13.9. The summed E-state index contributed by atoms with van der Waals surface area (Å²) >= 11 is 0. The summed E-state index contributed by atoms with van der Waals surface area (Å²) in [6.45, 7) is 13.2. The van der Waals surface area contributed by atoms with E-state index in [0.29, 0.717) is 18.0 Å². The minimum atomic E-state index is -2.07. The number of likely N-dealkylation sites (N-methyl/N-ethyl adjacent to an activating group) is 1. The molecule has 0 radical (unpaired) electrons. The van der Waals surface area contributed by atoms with Gasteiger partial charge in [0.15, 0.2) is 12.1 Å². The molecule has 1 aromatic rings. The van der Waals surface area contributed by atoms with Crippen LogP contribution in [-0.2, 0) is 14.3 Å². The van der Waals surface area contributed by atoms with Crippen LogP contribution in [0.2, 0.25) is 0 Å². The van der Waals surface area contributed by atoms with Crippen LogP contribution < -0.4 is 20.1 Å². The Labute approximate surface area is 220 Å². The number of aliphatic carboxylic acids is 2. The van der Waals surface area contributed by atoms with Gasteiger partial charge in [-0.25, -0.2) is 9.59 Å². The van der Waals surface area contributed by atoms with Crippen LogP contribution >= 0.6 is 0 Å². The molecule has 210 valence electrons. The summed E-state index contributed by atoms with van der Waals surface area (Å²) in [6, 6.07) is 7.62. The van der Waals surface area contributed by atoms with Crippen LogP contribution in [0.5, 0.6) is 5.75 Å². The molecule has 1 saturated heterocycles. The molecule has 0 bridgehead atoms. The van der Waals surface area contributed by atoms with Crippen molar-refractivity contribution in [3.8, 4) is 5.75 Å². The molecule has 10 nitrogen and oxygen atoms in total. The third kappa shape index (κ3) is 14.5. The van der Waals surface area contributed by atoms with Gasteiger partial charge in [0, 0.05) is 6.54 Å². The van der Waals surface area contributed by atoms with Crippen molar-refractivity contribution in [1.82, 2.24) is 4.90 Å². The molecule has 1 aromatic carbocycles. The van der Waals surface area contributed by atoms with Gasteiger partial charge in [0.25, 0.3) is 0 Å². The number of carbonyl (C=O) groups excluding carboxylic acids is 2. The zero-order valence-corrected chi connectivity index (χ0v) is 22.6. The molecule has 1 atom stereocenters. The SMILES string of the molecule is CCCCCCCOc1ccccc1NC(=O)OC(CN1CCCC1)C[NH+](CC)CC.O=C([O-])C(=O)O. The van der Waals surface area contributed by atoms with Crippen LogP contribution in [0.4, 0.5) is 10.5 Å². The lowest BCUT2D eigenvalue weighted by Crippen LogP contribution is -3.12. The molecule has 1 unspecified atom stereocenters. The Morgan fingerprint density at radius 3 is 2.27 bits per heavy atom. The van der Waals surface area contributed by atoms with Crippen LogP contribution in [0.3, 0.4) is 0 Å². The topological polar surface area (TPSA) is 133 Å². The molecular weight excluding hydrogens is 478 g/mol. The van der Waals surface area contributed by atoms with E-state index in [9.17, 15) is 4.79 Å². The first-order valence-corrected chi connectivity index (χ1v) is 13.5. The van der Waals surface area contributed by atoms with Crippen LogP contribution in [0.15, 0.2) is 24.3 Å². The molecule has 0 spiro atoms. The highest BCUT2D eigenvalue weighted by atomic mass is 16.6. The second kappa shape index (κ2) is 19.3. The first-order valence-electron chi connectivity index (χ1n) is 13.5. The lowest BCUT2D eigenvalue weighted by Gasteiger charge is -2.26. The fourth-order valence-electron chi connectivity index (χ4n) is 4.13. The van der Waals surface area contributed by atoms with Gasteiger partial charge in [-0.1, -0.05) is 44.7 Å². The highest BCUT2D eigenvalue weighted by Crippen LogP contribution is 2.24. The zero-order valence-electron chi connectivity index (χ0n) is 22.6. The molecule has 2 rings (SSSR count). The van der Waals surface area contributed by atoms with E-state index < -0.39 is 18.0 Å².